The summed E-state index contributed by atoms with van der Waals surface area (Å²) in [4.78, 5) is 11.2. The van der Waals surface area contributed by atoms with Crippen molar-refractivity contribution in [2.45, 2.75) is 30.9 Å². The van der Waals surface area contributed by atoms with Gasteiger partial charge < -0.3 is 4.74 Å². The Morgan fingerprint density at radius 1 is 1.11 bits per heavy atom. The van der Waals surface area contributed by atoms with Gasteiger partial charge in [-0.3, -0.25) is 14.7 Å². The smallest absolute Gasteiger partial charge is 0.220 e. The molecule has 0 amide bonds. The summed E-state index contributed by atoms with van der Waals surface area (Å²) in [6.45, 7) is 3.52. The van der Waals surface area contributed by atoms with E-state index < -0.39 is 5.25 Å². The van der Waals surface area contributed by atoms with E-state index in [0.717, 1.165) is 11.3 Å². The number of nitriles is 1. The summed E-state index contributed by atoms with van der Waals surface area (Å²) in [5.41, 5.74) is 3.66. The van der Waals surface area contributed by atoms with E-state index in [0.29, 0.717) is 27.7 Å². The number of aromatic nitrogens is 3. The minimum absolute atomic E-state index is 0.0917. The number of hydrogen-bond acceptors (Lipinski definition) is 7. The van der Waals surface area contributed by atoms with Crippen molar-refractivity contribution in [1.82, 2.24) is 14.8 Å². The number of hydrogen-bond donors (Lipinski definition) is 0. The SMILES string of the molecule is Cc1cccc(-n2c(C)nnc2S[C@H](C[N+](=O)[O-])c2cc(Cl)c(OCc3ccccc3C#N)c(Cl)c2)c1. The van der Waals surface area contributed by atoms with Crippen LogP contribution in [0.4, 0.5) is 0 Å². The van der Waals surface area contributed by atoms with Crippen LogP contribution in [0, 0.1) is 35.3 Å². The van der Waals surface area contributed by atoms with Gasteiger partial charge in [0.05, 0.1) is 21.7 Å². The third kappa shape index (κ3) is 6.23. The molecular formula is C26H21Cl2N5O3S. The summed E-state index contributed by atoms with van der Waals surface area (Å²) in [7, 11) is 0. The zero-order valence-corrected chi connectivity index (χ0v) is 22.2. The molecule has 0 saturated carbocycles. The molecule has 1 aromatic heterocycles. The lowest BCUT2D eigenvalue weighted by Crippen LogP contribution is -2.11. The molecule has 1 atom stereocenters. The Bertz CT molecular complexity index is 1480. The van der Waals surface area contributed by atoms with Crippen LogP contribution in [0.1, 0.15) is 33.3 Å². The molecule has 0 aliphatic rings. The van der Waals surface area contributed by atoms with Crippen molar-refractivity contribution in [3.05, 3.63) is 109 Å². The average Bonchev–Trinajstić information content (AvgIpc) is 3.22. The molecule has 0 spiro atoms. The van der Waals surface area contributed by atoms with Gasteiger partial charge in [0.25, 0.3) is 0 Å². The van der Waals surface area contributed by atoms with Crippen LogP contribution < -0.4 is 4.74 Å². The molecule has 0 radical (unpaired) electrons. The fourth-order valence-corrected chi connectivity index (χ4v) is 5.53. The Kier molecular flexibility index (Phi) is 8.34. The van der Waals surface area contributed by atoms with Crippen LogP contribution >= 0.6 is 35.0 Å². The van der Waals surface area contributed by atoms with E-state index in [1.807, 2.05) is 48.7 Å². The molecule has 4 rings (SSSR count). The Morgan fingerprint density at radius 3 is 2.51 bits per heavy atom. The summed E-state index contributed by atoms with van der Waals surface area (Å²) in [5, 5.41) is 29.6. The first kappa shape index (κ1) is 26.5. The van der Waals surface area contributed by atoms with Gasteiger partial charge in [-0.25, -0.2) is 0 Å². The van der Waals surface area contributed by atoms with Crippen LogP contribution in [0.15, 0.2) is 65.8 Å². The van der Waals surface area contributed by atoms with E-state index in [1.54, 1.807) is 30.3 Å². The van der Waals surface area contributed by atoms with Crippen molar-refractivity contribution in [3.63, 3.8) is 0 Å². The first-order chi connectivity index (χ1) is 17.8. The molecule has 0 bridgehead atoms. The maximum atomic E-state index is 11.6. The lowest BCUT2D eigenvalue weighted by Gasteiger charge is -2.17. The summed E-state index contributed by atoms with van der Waals surface area (Å²) in [5.74, 6) is 0.897. The van der Waals surface area contributed by atoms with Gasteiger partial charge in [0, 0.05) is 16.2 Å². The van der Waals surface area contributed by atoms with Gasteiger partial charge >= 0.3 is 0 Å². The van der Waals surface area contributed by atoms with E-state index in [9.17, 15) is 15.4 Å². The van der Waals surface area contributed by atoms with E-state index >= 15 is 0 Å². The highest BCUT2D eigenvalue weighted by Crippen LogP contribution is 2.42. The van der Waals surface area contributed by atoms with E-state index in [-0.39, 0.29) is 33.9 Å². The molecule has 0 saturated heterocycles. The Balaban J connectivity index is 1.63. The third-order valence-corrected chi connectivity index (χ3v) is 7.26. The summed E-state index contributed by atoms with van der Waals surface area (Å²) in [6, 6.07) is 20.2. The number of nitro groups is 1. The first-order valence-corrected chi connectivity index (χ1v) is 12.8. The van der Waals surface area contributed by atoms with Gasteiger partial charge in [0.1, 0.15) is 17.7 Å². The standard InChI is InChI=1S/C26H21Cl2N5O3S/c1-16-6-5-9-21(10-16)33-17(2)30-31-26(33)37-24(14-32(34)35)20-11-22(27)25(23(28)12-20)36-15-19-8-4-3-7-18(19)13-29/h3-12,24H,14-15H2,1-2H3/t24-/m1/s1. The zero-order chi connectivity index (χ0) is 26.5. The monoisotopic (exact) mass is 553 g/mol. The highest BCUT2D eigenvalue weighted by molar-refractivity contribution is 7.99. The minimum Gasteiger partial charge on any atom is -0.486 e. The normalized spacial score (nSPS) is 11.6. The third-order valence-electron chi connectivity index (χ3n) is 5.52. The molecule has 8 nitrogen and oxygen atoms in total. The van der Waals surface area contributed by atoms with E-state index in [4.69, 9.17) is 27.9 Å². The van der Waals surface area contributed by atoms with Gasteiger partial charge in [-0.05, 0) is 55.3 Å². The molecule has 37 heavy (non-hydrogen) atoms. The van der Waals surface area contributed by atoms with Gasteiger partial charge in [-0.2, -0.15) is 5.26 Å². The lowest BCUT2D eigenvalue weighted by atomic mass is 10.1. The first-order valence-electron chi connectivity index (χ1n) is 11.1. The molecule has 3 aromatic carbocycles. The van der Waals surface area contributed by atoms with Crippen molar-refractivity contribution in [3.8, 4) is 17.5 Å². The molecule has 0 N–H and O–H groups in total. The predicted molar refractivity (Wildman–Crippen MR) is 143 cm³/mol. The van der Waals surface area contributed by atoms with Crippen LogP contribution in [0.25, 0.3) is 5.69 Å². The van der Waals surface area contributed by atoms with Gasteiger partial charge in [0.2, 0.25) is 6.54 Å². The van der Waals surface area contributed by atoms with Crippen LogP contribution in [0.2, 0.25) is 10.0 Å². The Morgan fingerprint density at radius 2 is 1.84 bits per heavy atom. The maximum Gasteiger partial charge on any atom is 0.220 e. The zero-order valence-electron chi connectivity index (χ0n) is 19.9. The van der Waals surface area contributed by atoms with E-state index in [2.05, 4.69) is 16.3 Å². The fourth-order valence-electron chi connectivity index (χ4n) is 3.77. The average molecular weight is 554 g/mol. The molecule has 188 valence electrons. The van der Waals surface area contributed by atoms with Crippen LogP contribution in [0.3, 0.4) is 0 Å². The second kappa shape index (κ2) is 11.6. The topological polar surface area (TPSA) is 107 Å². The number of rotatable bonds is 9. The number of nitrogens with zero attached hydrogens (tertiary/aromatic N) is 5. The number of benzene rings is 3. The second-order valence-corrected chi connectivity index (χ2v) is 10.2. The van der Waals surface area contributed by atoms with Crippen molar-refractivity contribution >= 4 is 35.0 Å². The lowest BCUT2D eigenvalue weighted by molar-refractivity contribution is -0.479. The van der Waals surface area contributed by atoms with Crippen LogP contribution in [-0.2, 0) is 6.61 Å². The number of ether oxygens (including phenoxy) is 1. The summed E-state index contributed by atoms with van der Waals surface area (Å²) >= 11 is 14.3. The quantitative estimate of drug-likeness (QED) is 0.128. The second-order valence-electron chi connectivity index (χ2n) is 8.20. The number of halogens is 2. The molecule has 4 aromatic rings. The highest BCUT2D eigenvalue weighted by Gasteiger charge is 2.26. The van der Waals surface area contributed by atoms with Crippen molar-refractivity contribution < 1.29 is 9.66 Å². The number of thioether (sulfide) groups is 1. The fraction of sp³-hybridized carbons (Fsp3) is 0.192. The van der Waals surface area contributed by atoms with Gasteiger partial charge in [-0.1, -0.05) is 65.3 Å². The molecule has 11 heteroatoms. The van der Waals surface area contributed by atoms with Gasteiger partial charge in [0.15, 0.2) is 10.9 Å². The van der Waals surface area contributed by atoms with E-state index in [1.165, 1.54) is 11.8 Å². The summed E-state index contributed by atoms with van der Waals surface area (Å²) < 4.78 is 7.70. The largest absolute Gasteiger partial charge is 0.486 e. The Hall–Kier alpha value is -3.58. The maximum absolute atomic E-state index is 11.6. The molecule has 0 fully saturated rings. The molecule has 0 aliphatic carbocycles. The predicted octanol–water partition coefficient (Wildman–Crippen LogP) is 6.75. The molecular weight excluding hydrogens is 533 g/mol. The summed E-state index contributed by atoms with van der Waals surface area (Å²) in [6.07, 6.45) is 0. The van der Waals surface area contributed by atoms with Crippen LogP contribution in [0.5, 0.6) is 5.75 Å². The molecule has 0 aliphatic heterocycles. The van der Waals surface area contributed by atoms with Crippen molar-refractivity contribution in [1.29, 1.82) is 5.26 Å². The Labute approximate surface area is 228 Å². The highest BCUT2D eigenvalue weighted by atomic mass is 35.5. The minimum atomic E-state index is -0.648. The van der Waals surface area contributed by atoms with Crippen molar-refractivity contribution in [2.75, 3.05) is 6.54 Å². The molecule has 1 heterocycles. The van der Waals surface area contributed by atoms with Crippen molar-refractivity contribution in [2.24, 2.45) is 0 Å². The van der Waals surface area contributed by atoms with Gasteiger partial charge in [-0.15, -0.1) is 10.2 Å². The number of aryl methyl sites for hydroxylation is 2. The molecule has 0 unspecified atom stereocenters. The van der Waals surface area contributed by atoms with Crippen LogP contribution in [-0.4, -0.2) is 26.2 Å².